The molecular formula is C40H41N5. The van der Waals surface area contributed by atoms with Crippen molar-refractivity contribution in [2.75, 3.05) is 4.90 Å². The molecule has 4 aromatic carbocycles. The minimum Gasteiger partial charge on any atom is -0.310 e. The van der Waals surface area contributed by atoms with Crippen LogP contribution in [0.25, 0.3) is 33.7 Å². The van der Waals surface area contributed by atoms with E-state index in [9.17, 15) is 0 Å². The minimum atomic E-state index is 0.553. The lowest BCUT2D eigenvalue weighted by molar-refractivity contribution is 1.13. The number of aryl methyl sites for hydroxylation is 4. The topological polar surface area (TPSA) is 54.8 Å². The molecule has 6 rings (SSSR count). The molecule has 0 spiro atoms. The predicted molar refractivity (Wildman–Crippen MR) is 188 cm³/mol. The lowest BCUT2D eigenvalue weighted by Gasteiger charge is -2.32. The summed E-state index contributed by atoms with van der Waals surface area (Å²) in [5.41, 5.74) is 21.7. The third kappa shape index (κ3) is 5.27. The minimum absolute atomic E-state index is 0.553. The molecule has 0 amide bonds. The molecule has 2 heterocycles. The van der Waals surface area contributed by atoms with E-state index >= 15 is 0 Å². The number of hydrogen-bond acceptors (Lipinski definition) is 5. The first-order valence-electron chi connectivity index (χ1n) is 15.6. The average molecular weight is 592 g/mol. The zero-order valence-electron chi connectivity index (χ0n) is 28.1. The van der Waals surface area contributed by atoms with Crippen LogP contribution in [0, 0.1) is 69.2 Å². The second kappa shape index (κ2) is 11.6. The maximum atomic E-state index is 4.88. The highest BCUT2D eigenvalue weighted by Crippen LogP contribution is 2.45. The Morgan fingerprint density at radius 1 is 0.489 bits per heavy atom. The van der Waals surface area contributed by atoms with Gasteiger partial charge in [-0.2, -0.15) is 0 Å². The fraction of sp³-hybridized carbons (Fsp3) is 0.250. The Labute approximate surface area is 267 Å². The molecule has 6 aromatic rings. The predicted octanol–water partition coefficient (Wildman–Crippen LogP) is 10.3. The molecule has 2 aromatic heterocycles. The second-order valence-corrected chi connectivity index (χ2v) is 12.5. The number of rotatable bonds is 5. The first kappa shape index (κ1) is 30.1. The van der Waals surface area contributed by atoms with E-state index in [1.165, 1.54) is 72.4 Å². The second-order valence-electron chi connectivity index (χ2n) is 12.5. The van der Waals surface area contributed by atoms with Crippen molar-refractivity contribution in [3.63, 3.8) is 0 Å². The summed E-state index contributed by atoms with van der Waals surface area (Å²) in [4.78, 5) is 20.6. The van der Waals surface area contributed by atoms with E-state index in [4.69, 9.17) is 4.98 Å². The molecule has 5 nitrogen and oxygen atoms in total. The molecule has 0 saturated heterocycles. The van der Waals surface area contributed by atoms with Gasteiger partial charge in [0, 0.05) is 29.3 Å². The molecular weight excluding hydrogens is 550 g/mol. The van der Waals surface area contributed by atoms with Gasteiger partial charge in [-0.1, -0.05) is 24.3 Å². The largest absolute Gasteiger partial charge is 0.310 e. The summed E-state index contributed by atoms with van der Waals surface area (Å²) >= 11 is 0. The molecule has 0 bridgehead atoms. The molecule has 0 unspecified atom stereocenters. The van der Waals surface area contributed by atoms with Crippen molar-refractivity contribution in [2.45, 2.75) is 69.2 Å². The Morgan fingerprint density at radius 2 is 1.04 bits per heavy atom. The standard InChI is InChI=1S/C40H41N5/c1-22-17-23(2)19-34(18-22)45(33-13-11-32(12-14-33)36-26(5)24(3)20-25(4)27(36)6)38-30(9)28(7)37(29(8)31(38)10)35-21-43-39-40(44-35)42-16-15-41-39/h11-21H,1-10H3. The first-order valence-corrected chi connectivity index (χ1v) is 15.6. The number of hydrogen-bond donors (Lipinski definition) is 0. The van der Waals surface area contributed by atoms with Gasteiger partial charge in [-0.05, 0) is 160 Å². The average Bonchev–Trinajstić information content (AvgIpc) is 3.01. The lowest BCUT2D eigenvalue weighted by atomic mass is 9.88. The Bertz CT molecular complexity index is 2030. The van der Waals surface area contributed by atoms with Gasteiger partial charge in [0.2, 0.25) is 0 Å². The fourth-order valence-electron chi connectivity index (χ4n) is 6.81. The highest BCUT2D eigenvalue weighted by Gasteiger charge is 2.24. The van der Waals surface area contributed by atoms with E-state index in [0.29, 0.717) is 11.3 Å². The molecule has 226 valence electrons. The summed E-state index contributed by atoms with van der Waals surface area (Å²) < 4.78 is 0. The first-order chi connectivity index (χ1) is 21.5. The van der Waals surface area contributed by atoms with Gasteiger partial charge in [0.25, 0.3) is 0 Å². The fourth-order valence-corrected chi connectivity index (χ4v) is 6.81. The van der Waals surface area contributed by atoms with Crippen LogP contribution in [0.5, 0.6) is 0 Å². The van der Waals surface area contributed by atoms with Crippen molar-refractivity contribution in [2.24, 2.45) is 0 Å². The Morgan fingerprint density at radius 3 is 1.62 bits per heavy atom. The Hall–Kier alpha value is -4.90. The van der Waals surface area contributed by atoms with Crippen LogP contribution in [-0.4, -0.2) is 19.9 Å². The monoisotopic (exact) mass is 591 g/mol. The van der Waals surface area contributed by atoms with Gasteiger partial charge in [0.15, 0.2) is 11.3 Å². The number of benzene rings is 4. The molecule has 5 heteroatoms. The maximum Gasteiger partial charge on any atom is 0.198 e. The number of anilines is 3. The van der Waals surface area contributed by atoms with E-state index in [2.05, 4.69) is 138 Å². The smallest absolute Gasteiger partial charge is 0.198 e. The number of nitrogens with zero attached hydrogens (tertiary/aromatic N) is 5. The SMILES string of the molecule is Cc1cc(C)cc(N(c2ccc(-c3c(C)c(C)cc(C)c3C)cc2)c2c(C)c(C)c(-c3cnc4nccnc4n3)c(C)c2C)c1. The highest BCUT2D eigenvalue weighted by molar-refractivity contribution is 5.87. The molecule has 45 heavy (non-hydrogen) atoms. The van der Waals surface area contributed by atoms with Gasteiger partial charge in [0.1, 0.15) is 0 Å². The van der Waals surface area contributed by atoms with Gasteiger partial charge >= 0.3 is 0 Å². The van der Waals surface area contributed by atoms with Crippen molar-refractivity contribution < 1.29 is 0 Å². The molecule has 0 aliphatic rings. The van der Waals surface area contributed by atoms with Gasteiger partial charge in [-0.25, -0.2) is 19.9 Å². The van der Waals surface area contributed by atoms with Gasteiger partial charge in [-0.3, -0.25) is 0 Å². The van der Waals surface area contributed by atoms with Crippen molar-refractivity contribution in [1.29, 1.82) is 0 Å². The number of fused-ring (bicyclic) bond motifs is 1. The maximum absolute atomic E-state index is 4.88. The Kier molecular flexibility index (Phi) is 7.74. The molecule has 0 atom stereocenters. The normalized spacial score (nSPS) is 11.3. The van der Waals surface area contributed by atoms with Crippen LogP contribution in [0.4, 0.5) is 17.1 Å². The van der Waals surface area contributed by atoms with Crippen LogP contribution in [-0.2, 0) is 0 Å². The van der Waals surface area contributed by atoms with Crippen molar-refractivity contribution in [3.05, 3.63) is 123 Å². The van der Waals surface area contributed by atoms with Gasteiger partial charge in [0.05, 0.1) is 17.6 Å². The molecule has 0 fully saturated rings. The van der Waals surface area contributed by atoms with Gasteiger partial charge in [-0.15, -0.1) is 0 Å². The van der Waals surface area contributed by atoms with E-state index in [1.807, 2.05) is 6.20 Å². The van der Waals surface area contributed by atoms with E-state index in [1.54, 1.807) is 12.4 Å². The van der Waals surface area contributed by atoms with Crippen LogP contribution in [0.3, 0.4) is 0 Å². The Balaban J connectivity index is 1.55. The van der Waals surface area contributed by atoms with Crippen molar-refractivity contribution in [3.8, 4) is 22.4 Å². The summed E-state index contributed by atoms with van der Waals surface area (Å²) in [6.45, 7) is 22.1. The van der Waals surface area contributed by atoms with Crippen LogP contribution >= 0.6 is 0 Å². The molecule has 0 N–H and O–H groups in total. The zero-order valence-corrected chi connectivity index (χ0v) is 28.1. The summed E-state index contributed by atoms with van der Waals surface area (Å²) in [5.74, 6) is 0. The summed E-state index contributed by atoms with van der Waals surface area (Å²) in [6, 6.07) is 18.2. The van der Waals surface area contributed by atoms with E-state index in [-0.39, 0.29) is 0 Å². The van der Waals surface area contributed by atoms with Crippen molar-refractivity contribution >= 4 is 28.4 Å². The van der Waals surface area contributed by atoms with E-state index < -0.39 is 0 Å². The summed E-state index contributed by atoms with van der Waals surface area (Å²) in [7, 11) is 0. The van der Waals surface area contributed by atoms with Crippen molar-refractivity contribution in [1.82, 2.24) is 19.9 Å². The summed E-state index contributed by atoms with van der Waals surface area (Å²) in [5, 5.41) is 0. The van der Waals surface area contributed by atoms with Crippen LogP contribution in [0.2, 0.25) is 0 Å². The van der Waals surface area contributed by atoms with Gasteiger partial charge < -0.3 is 4.90 Å². The number of aromatic nitrogens is 4. The third-order valence-corrected chi connectivity index (χ3v) is 9.51. The molecule has 0 radical (unpaired) electrons. The molecule has 0 aliphatic heterocycles. The van der Waals surface area contributed by atoms with Crippen LogP contribution in [0.1, 0.15) is 55.6 Å². The molecule has 0 aliphatic carbocycles. The quantitative estimate of drug-likeness (QED) is 0.200. The lowest BCUT2D eigenvalue weighted by Crippen LogP contribution is -2.15. The van der Waals surface area contributed by atoms with E-state index in [0.717, 1.165) is 22.6 Å². The third-order valence-electron chi connectivity index (χ3n) is 9.51. The molecule has 0 saturated carbocycles. The highest BCUT2D eigenvalue weighted by atomic mass is 15.1. The van der Waals surface area contributed by atoms with Crippen LogP contribution in [0.15, 0.2) is 67.1 Å². The van der Waals surface area contributed by atoms with Crippen LogP contribution < -0.4 is 4.90 Å². The zero-order chi connectivity index (χ0) is 32.2. The summed E-state index contributed by atoms with van der Waals surface area (Å²) in [6.07, 6.45) is 5.13.